The Morgan fingerprint density at radius 3 is 2.48 bits per heavy atom. The number of rotatable bonds is 2. The third kappa shape index (κ3) is 5.17. The van der Waals surface area contributed by atoms with E-state index in [0.717, 1.165) is 48.4 Å². The number of hydrogen-bond donors (Lipinski definition) is 1. The average Bonchev–Trinajstić information content (AvgIpc) is 3.38. The van der Waals surface area contributed by atoms with Gasteiger partial charge in [-0.2, -0.15) is 5.10 Å². The number of carbonyl (C=O) groups is 1. The molecule has 27 heavy (non-hydrogen) atoms. The Morgan fingerprint density at radius 1 is 1.07 bits per heavy atom. The fourth-order valence-electron chi connectivity index (χ4n) is 2.97. The molecule has 140 valence electrons. The number of carbonyl (C=O) groups excluding carboxylic acids is 1. The summed E-state index contributed by atoms with van der Waals surface area (Å²) in [6.45, 7) is 3.76. The van der Waals surface area contributed by atoms with Crippen LogP contribution in [0.2, 0.25) is 0 Å². The fraction of sp³-hybridized carbons (Fsp3) is 0.286. The molecule has 4 rings (SSSR count). The van der Waals surface area contributed by atoms with Gasteiger partial charge in [0, 0.05) is 50.0 Å². The van der Waals surface area contributed by atoms with Gasteiger partial charge in [-0.05, 0) is 55.7 Å². The predicted octanol–water partition coefficient (Wildman–Crippen LogP) is 4.10. The standard InChI is InChI=1S/C17H19N3O.C4H6N2/c1-13-7-8-14(19-17(21)20-10-4-5-11-20)12-15(13)16-6-2-3-9-18-16;1-6-4-2-3-5-6/h2-3,6-9,12H,4-5,10-11H2,1H3,(H,19,21);2-4H,1H3. The maximum Gasteiger partial charge on any atom is 0.321 e. The quantitative estimate of drug-likeness (QED) is 0.745. The second-order valence-corrected chi connectivity index (χ2v) is 6.55. The maximum absolute atomic E-state index is 12.1. The van der Waals surface area contributed by atoms with E-state index in [4.69, 9.17) is 0 Å². The van der Waals surface area contributed by atoms with Crippen molar-refractivity contribution in [2.45, 2.75) is 19.8 Å². The molecule has 0 bridgehead atoms. The largest absolute Gasteiger partial charge is 0.325 e. The van der Waals surface area contributed by atoms with Gasteiger partial charge in [-0.25, -0.2) is 4.79 Å². The van der Waals surface area contributed by atoms with Crippen molar-refractivity contribution in [3.63, 3.8) is 0 Å². The van der Waals surface area contributed by atoms with Crippen LogP contribution in [0.25, 0.3) is 11.3 Å². The number of pyridine rings is 1. The molecule has 1 aromatic carbocycles. The fourth-order valence-corrected chi connectivity index (χ4v) is 2.97. The van der Waals surface area contributed by atoms with E-state index in [2.05, 4.69) is 22.3 Å². The number of anilines is 1. The molecule has 1 N–H and O–H groups in total. The Labute approximate surface area is 159 Å². The van der Waals surface area contributed by atoms with Gasteiger partial charge in [0.1, 0.15) is 0 Å². The van der Waals surface area contributed by atoms with Crippen LogP contribution in [0, 0.1) is 6.92 Å². The van der Waals surface area contributed by atoms with Crippen molar-refractivity contribution in [3.05, 3.63) is 66.6 Å². The summed E-state index contributed by atoms with van der Waals surface area (Å²) in [6, 6.07) is 13.7. The lowest BCUT2D eigenvalue weighted by Gasteiger charge is -2.17. The molecular formula is C21H25N5O. The molecule has 0 atom stereocenters. The zero-order valence-electron chi connectivity index (χ0n) is 15.8. The lowest BCUT2D eigenvalue weighted by molar-refractivity contribution is 0.222. The van der Waals surface area contributed by atoms with Crippen molar-refractivity contribution in [3.8, 4) is 11.3 Å². The molecule has 0 radical (unpaired) electrons. The highest BCUT2D eigenvalue weighted by Gasteiger charge is 2.18. The Kier molecular flexibility index (Phi) is 6.20. The van der Waals surface area contributed by atoms with Gasteiger partial charge in [0.2, 0.25) is 0 Å². The Hall–Kier alpha value is -3.15. The molecule has 0 saturated carbocycles. The maximum atomic E-state index is 12.1. The van der Waals surface area contributed by atoms with Gasteiger partial charge in [-0.3, -0.25) is 9.67 Å². The summed E-state index contributed by atoms with van der Waals surface area (Å²) < 4.78 is 1.75. The highest BCUT2D eigenvalue weighted by Crippen LogP contribution is 2.25. The number of nitrogens with one attached hydrogen (secondary N) is 1. The van der Waals surface area contributed by atoms with Crippen molar-refractivity contribution in [1.82, 2.24) is 19.7 Å². The summed E-state index contributed by atoms with van der Waals surface area (Å²) in [5.74, 6) is 0. The molecule has 1 aliphatic rings. The molecular weight excluding hydrogens is 338 g/mol. The highest BCUT2D eigenvalue weighted by molar-refractivity contribution is 5.90. The van der Waals surface area contributed by atoms with Crippen molar-refractivity contribution in [2.24, 2.45) is 7.05 Å². The predicted molar refractivity (Wildman–Crippen MR) is 107 cm³/mol. The molecule has 2 aromatic heterocycles. The van der Waals surface area contributed by atoms with E-state index >= 15 is 0 Å². The van der Waals surface area contributed by atoms with Gasteiger partial charge in [0.05, 0.1) is 5.69 Å². The molecule has 0 unspecified atom stereocenters. The number of amides is 2. The molecule has 1 fully saturated rings. The van der Waals surface area contributed by atoms with Crippen molar-refractivity contribution in [1.29, 1.82) is 0 Å². The molecule has 3 heterocycles. The number of benzene rings is 1. The minimum absolute atomic E-state index is 0.0108. The SMILES string of the molecule is Cc1ccc(NC(=O)N2CCCC2)cc1-c1ccccn1.Cn1cccn1. The average molecular weight is 363 g/mol. The molecule has 1 aliphatic heterocycles. The van der Waals surface area contributed by atoms with E-state index in [0.29, 0.717) is 0 Å². The Balaban J connectivity index is 0.000000299. The topological polar surface area (TPSA) is 63.1 Å². The van der Waals surface area contributed by atoms with E-state index in [9.17, 15) is 4.79 Å². The third-order valence-electron chi connectivity index (χ3n) is 4.46. The van der Waals surface area contributed by atoms with Crippen LogP contribution in [0.1, 0.15) is 18.4 Å². The summed E-state index contributed by atoms with van der Waals surface area (Å²) in [5, 5.41) is 6.81. The summed E-state index contributed by atoms with van der Waals surface area (Å²) in [6.07, 6.45) is 7.62. The first-order valence-corrected chi connectivity index (χ1v) is 9.15. The number of urea groups is 1. The number of likely N-dealkylation sites (tertiary alicyclic amines) is 1. The first-order valence-electron chi connectivity index (χ1n) is 9.15. The van der Waals surface area contributed by atoms with E-state index < -0.39 is 0 Å². The van der Waals surface area contributed by atoms with E-state index in [1.165, 1.54) is 0 Å². The summed E-state index contributed by atoms with van der Waals surface area (Å²) in [7, 11) is 1.89. The van der Waals surface area contributed by atoms with E-state index in [1.807, 2.05) is 60.6 Å². The van der Waals surface area contributed by atoms with Gasteiger partial charge in [-0.15, -0.1) is 0 Å². The normalized spacial score (nSPS) is 13.0. The van der Waals surface area contributed by atoms with Crippen molar-refractivity contribution in [2.75, 3.05) is 18.4 Å². The minimum Gasteiger partial charge on any atom is -0.325 e. The van der Waals surface area contributed by atoms with Gasteiger partial charge in [0.25, 0.3) is 0 Å². The van der Waals surface area contributed by atoms with Gasteiger partial charge >= 0.3 is 6.03 Å². The highest BCUT2D eigenvalue weighted by atomic mass is 16.2. The minimum atomic E-state index is -0.0108. The molecule has 6 heteroatoms. The summed E-state index contributed by atoms with van der Waals surface area (Å²) in [5.41, 5.74) is 3.94. The van der Waals surface area contributed by atoms with Crippen LogP contribution in [-0.4, -0.2) is 38.8 Å². The smallest absolute Gasteiger partial charge is 0.321 e. The van der Waals surface area contributed by atoms with Crippen LogP contribution in [0.3, 0.4) is 0 Å². The monoisotopic (exact) mass is 363 g/mol. The summed E-state index contributed by atoms with van der Waals surface area (Å²) >= 11 is 0. The Morgan fingerprint density at radius 2 is 1.89 bits per heavy atom. The van der Waals surface area contributed by atoms with E-state index in [1.54, 1.807) is 17.1 Å². The molecule has 0 spiro atoms. The molecule has 6 nitrogen and oxygen atoms in total. The van der Waals surface area contributed by atoms with Crippen molar-refractivity contribution < 1.29 is 4.79 Å². The first-order chi connectivity index (χ1) is 13.1. The van der Waals surface area contributed by atoms with Crippen LogP contribution in [0.5, 0.6) is 0 Å². The van der Waals surface area contributed by atoms with Gasteiger partial charge in [0.15, 0.2) is 0 Å². The Bertz CT molecular complexity index is 856. The molecule has 2 amide bonds. The van der Waals surface area contributed by atoms with Crippen LogP contribution in [0.15, 0.2) is 61.1 Å². The summed E-state index contributed by atoms with van der Waals surface area (Å²) in [4.78, 5) is 18.4. The van der Waals surface area contributed by atoms with Gasteiger partial charge in [-0.1, -0.05) is 12.1 Å². The second-order valence-electron chi connectivity index (χ2n) is 6.55. The zero-order chi connectivity index (χ0) is 19.1. The number of nitrogens with zero attached hydrogens (tertiary/aromatic N) is 4. The van der Waals surface area contributed by atoms with Crippen LogP contribution < -0.4 is 5.32 Å². The molecule has 0 aliphatic carbocycles. The van der Waals surface area contributed by atoms with Crippen molar-refractivity contribution >= 4 is 11.7 Å². The van der Waals surface area contributed by atoms with Crippen LogP contribution in [-0.2, 0) is 7.05 Å². The van der Waals surface area contributed by atoms with Crippen LogP contribution >= 0.6 is 0 Å². The number of aromatic nitrogens is 3. The molecule has 1 saturated heterocycles. The zero-order valence-corrected chi connectivity index (χ0v) is 15.8. The lowest BCUT2D eigenvalue weighted by Crippen LogP contribution is -2.32. The lowest BCUT2D eigenvalue weighted by atomic mass is 10.0. The van der Waals surface area contributed by atoms with E-state index in [-0.39, 0.29) is 6.03 Å². The number of hydrogen-bond acceptors (Lipinski definition) is 3. The van der Waals surface area contributed by atoms with Gasteiger partial charge < -0.3 is 10.2 Å². The number of aryl methyl sites for hydroxylation is 2. The first kappa shape index (κ1) is 18.6. The van der Waals surface area contributed by atoms with Crippen LogP contribution in [0.4, 0.5) is 10.5 Å². The molecule has 3 aromatic rings. The third-order valence-corrected chi connectivity index (χ3v) is 4.46. The second kappa shape index (κ2) is 8.98.